The number of phenols is 1. The highest BCUT2D eigenvalue weighted by atomic mass is 16.5. The highest BCUT2D eigenvalue weighted by Crippen LogP contribution is 2.49. The van der Waals surface area contributed by atoms with Gasteiger partial charge in [-0.15, -0.1) is 0 Å². The maximum Gasteiger partial charge on any atom is 0.242 e. The van der Waals surface area contributed by atoms with Gasteiger partial charge >= 0.3 is 0 Å². The number of benzene rings is 2. The third-order valence-corrected chi connectivity index (χ3v) is 6.10. The number of carbonyl (C=O) groups is 1. The molecule has 4 unspecified atom stereocenters. The number of aryl methyl sites for hydroxylation is 1. The molecule has 0 aliphatic carbocycles. The predicted octanol–water partition coefficient (Wildman–Crippen LogP) is 1.82. The Morgan fingerprint density at radius 3 is 2.58 bits per heavy atom. The van der Waals surface area contributed by atoms with Crippen molar-refractivity contribution in [1.29, 1.82) is 0 Å². The number of hydrogen-bond donors (Lipinski definition) is 4. The van der Waals surface area contributed by atoms with E-state index in [1.165, 1.54) is 0 Å². The van der Waals surface area contributed by atoms with Gasteiger partial charge in [-0.05, 0) is 37.6 Å². The lowest BCUT2D eigenvalue weighted by molar-refractivity contribution is -0.131. The number of rotatable bonds is 7. The number of β-amino-alcohol motifs (C(OH)–C–C–N with tert-alkyl or cyclic N) is 1. The zero-order chi connectivity index (χ0) is 22.1. The van der Waals surface area contributed by atoms with E-state index >= 15 is 0 Å². The van der Waals surface area contributed by atoms with Gasteiger partial charge in [-0.2, -0.15) is 0 Å². The maximum atomic E-state index is 13.2. The van der Waals surface area contributed by atoms with Gasteiger partial charge in [0, 0.05) is 18.0 Å². The van der Waals surface area contributed by atoms with Crippen LogP contribution in [0.1, 0.15) is 35.7 Å². The number of carbonyl (C=O) groups excluding carboxylic acids is 1. The Morgan fingerprint density at radius 1 is 1.10 bits per heavy atom. The predicted molar refractivity (Wildman–Crippen MR) is 115 cm³/mol. The molecule has 2 aliphatic rings. The Bertz CT molecular complexity index is 966. The van der Waals surface area contributed by atoms with Gasteiger partial charge in [-0.1, -0.05) is 23.8 Å². The number of nitrogens with zero attached hydrogens (tertiary/aromatic N) is 1. The average molecular weight is 428 g/mol. The Morgan fingerprint density at radius 2 is 1.87 bits per heavy atom. The Balaban J connectivity index is 1.79. The fraction of sp³-hybridized carbons (Fsp3) is 0.435. The number of fused-ring (bicyclic) bond motifs is 1. The number of aliphatic hydroxyl groups excluding tert-OH is 1. The molecule has 2 heterocycles. The quantitative estimate of drug-likeness (QED) is 0.534. The van der Waals surface area contributed by atoms with Crippen molar-refractivity contribution >= 4 is 5.91 Å². The number of amides is 1. The van der Waals surface area contributed by atoms with E-state index in [1.807, 2.05) is 44.2 Å². The molecular formula is C23H29N3O5. The fourth-order valence-electron chi connectivity index (χ4n) is 4.79. The van der Waals surface area contributed by atoms with E-state index in [1.54, 1.807) is 18.1 Å². The molecule has 4 N–H and O–H groups in total. The van der Waals surface area contributed by atoms with Gasteiger partial charge < -0.3 is 24.6 Å². The molecule has 31 heavy (non-hydrogen) atoms. The summed E-state index contributed by atoms with van der Waals surface area (Å²) in [7, 11) is 1.59. The SMILES string of the molecule is CCOc1ccc(C2C3C(NNC3c3cc(C)ccc3O)C(=O)N2CCO)cc1OC. The Hall–Kier alpha value is -2.81. The minimum Gasteiger partial charge on any atom is -0.508 e. The van der Waals surface area contributed by atoms with Gasteiger partial charge in [-0.3, -0.25) is 4.79 Å². The van der Waals surface area contributed by atoms with E-state index in [2.05, 4.69) is 10.9 Å². The van der Waals surface area contributed by atoms with Crippen molar-refractivity contribution in [3.05, 3.63) is 53.1 Å². The van der Waals surface area contributed by atoms with Crippen molar-refractivity contribution in [2.75, 3.05) is 26.9 Å². The summed E-state index contributed by atoms with van der Waals surface area (Å²) in [4.78, 5) is 14.9. The molecule has 166 valence electrons. The third-order valence-electron chi connectivity index (χ3n) is 6.10. The van der Waals surface area contributed by atoms with Crippen molar-refractivity contribution in [2.45, 2.75) is 32.0 Å². The molecule has 8 nitrogen and oxygen atoms in total. The number of nitrogens with one attached hydrogen (secondary N) is 2. The number of likely N-dealkylation sites (tertiary alicyclic amines) is 1. The van der Waals surface area contributed by atoms with Crippen molar-refractivity contribution in [1.82, 2.24) is 15.8 Å². The molecule has 4 rings (SSSR count). The second-order valence-electron chi connectivity index (χ2n) is 7.93. The summed E-state index contributed by atoms with van der Waals surface area (Å²) < 4.78 is 11.2. The van der Waals surface area contributed by atoms with E-state index < -0.39 is 6.04 Å². The van der Waals surface area contributed by atoms with Gasteiger partial charge in [0.25, 0.3) is 0 Å². The first-order valence-corrected chi connectivity index (χ1v) is 10.5. The third kappa shape index (κ3) is 3.71. The summed E-state index contributed by atoms with van der Waals surface area (Å²) in [6.07, 6.45) is 0. The molecule has 0 spiro atoms. The van der Waals surface area contributed by atoms with E-state index in [-0.39, 0.29) is 42.8 Å². The van der Waals surface area contributed by atoms with Crippen molar-refractivity contribution in [2.24, 2.45) is 5.92 Å². The van der Waals surface area contributed by atoms with Gasteiger partial charge in [0.15, 0.2) is 11.5 Å². The molecule has 8 heteroatoms. The van der Waals surface area contributed by atoms with Gasteiger partial charge in [0.05, 0.1) is 32.4 Å². The lowest BCUT2D eigenvalue weighted by Crippen LogP contribution is -2.42. The van der Waals surface area contributed by atoms with E-state index in [0.29, 0.717) is 18.1 Å². The summed E-state index contributed by atoms with van der Waals surface area (Å²) in [5.74, 6) is 1.13. The largest absolute Gasteiger partial charge is 0.508 e. The van der Waals surface area contributed by atoms with Crippen LogP contribution in [0.5, 0.6) is 17.2 Å². The summed E-state index contributed by atoms with van der Waals surface area (Å²) in [5, 5.41) is 20.2. The van der Waals surface area contributed by atoms with Crippen LogP contribution in [0.15, 0.2) is 36.4 Å². The summed E-state index contributed by atoms with van der Waals surface area (Å²) >= 11 is 0. The number of aromatic hydroxyl groups is 1. The van der Waals surface area contributed by atoms with Crippen LogP contribution < -0.4 is 20.3 Å². The first-order valence-electron chi connectivity index (χ1n) is 10.5. The smallest absolute Gasteiger partial charge is 0.242 e. The fourth-order valence-corrected chi connectivity index (χ4v) is 4.79. The normalized spacial score (nSPS) is 25.0. The molecule has 2 aromatic carbocycles. The van der Waals surface area contributed by atoms with Crippen LogP contribution >= 0.6 is 0 Å². The zero-order valence-corrected chi connectivity index (χ0v) is 18.0. The number of ether oxygens (including phenoxy) is 2. The molecule has 2 aromatic rings. The first kappa shape index (κ1) is 21.4. The Labute approximate surface area is 181 Å². The van der Waals surface area contributed by atoms with Crippen LogP contribution in [0.3, 0.4) is 0 Å². The van der Waals surface area contributed by atoms with Crippen molar-refractivity contribution < 1.29 is 24.5 Å². The van der Waals surface area contributed by atoms with Crippen LogP contribution in [0.25, 0.3) is 0 Å². The molecule has 0 aromatic heterocycles. The number of phenolic OH excluding ortho intramolecular Hbond substituents is 1. The minimum absolute atomic E-state index is 0.0842. The lowest BCUT2D eigenvalue weighted by Gasteiger charge is -2.31. The maximum absolute atomic E-state index is 13.2. The summed E-state index contributed by atoms with van der Waals surface area (Å²) in [5.41, 5.74) is 8.99. The monoisotopic (exact) mass is 427 g/mol. The molecule has 0 bridgehead atoms. The summed E-state index contributed by atoms with van der Waals surface area (Å²) in [6.45, 7) is 4.48. The number of hydrogen-bond acceptors (Lipinski definition) is 7. The van der Waals surface area contributed by atoms with Crippen molar-refractivity contribution in [3.63, 3.8) is 0 Å². The van der Waals surface area contributed by atoms with Gasteiger partial charge in [0.1, 0.15) is 11.8 Å². The minimum atomic E-state index is -0.473. The first-order chi connectivity index (χ1) is 15.0. The molecule has 0 saturated carbocycles. The van der Waals surface area contributed by atoms with Crippen LogP contribution in [-0.2, 0) is 4.79 Å². The Kier molecular flexibility index (Phi) is 6.04. The van der Waals surface area contributed by atoms with Gasteiger partial charge in [0.2, 0.25) is 5.91 Å². The second-order valence-corrected chi connectivity index (χ2v) is 7.93. The van der Waals surface area contributed by atoms with E-state index in [4.69, 9.17) is 9.47 Å². The molecule has 1 amide bonds. The van der Waals surface area contributed by atoms with Crippen LogP contribution in [0, 0.1) is 12.8 Å². The van der Waals surface area contributed by atoms with Crippen LogP contribution in [0.2, 0.25) is 0 Å². The molecule has 0 radical (unpaired) electrons. The lowest BCUT2D eigenvalue weighted by atomic mass is 9.82. The molecular weight excluding hydrogens is 398 g/mol. The van der Waals surface area contributed by atoms with E-state index in [9.17, 15) is 15.0 Å². The average Bonchev–Trinajstić information content (AvgIpc) is 3.30. The molecule has 2 aliphatic heterocycles. The number of aliphatic hydroxyl groups is 1. The molecule has 2 fully saturated rings. The zero-order valence-electron chi connectivity index (χ0n) is 18.0. The van der Waals surface area contributed by atoms with Gasteiger partial charge in [-0.25, -0.2) is 10.9 Å². The number of methoxy groups -OCH3 is 1. The van der Waals surface area contributed by atoms with Crippen LogP contribution in [0.4, 0.5) is 0 Å². The topological polar surface area (TPSA) is 103 Å². The summed E-state index contributed by atoms with van der Waals surface area (Å²) in [6, 6.07) is 10.1. The van der Waals surface area contributed by atoms with E-state index in [0.717, 1.165) is 16.7 Å². The highest BCUT2D eigenvalue weighted by molar-refractivity contribution is 5.86. The molecule has 4 atom stereocenters. The molecule has 2 saturated heterocycles. The second kappa shape index (κ2) is 8.74. The highest BCUT2D eigenvalue weighted by Gasteiger charge is 2.55. The van der Waals surface area contributed by atoms with Crippen LogP contribution in [-0.4, -0.2) is 53.9 Å². The number of hydrazine groups is 1. The standard InChI is InChI=1S/C23H29N3O5/c1-4-31-17-8-6-14(12-18(17)30-3)22-19-20(15-11-13(2)5-7-16(15)28)24-25-21(19)23(29)26(22)9-10-27/h5-8,11-12,19-22,24-25,27-28H,4,9-10H2,1-3H3. The van der Waals surface area contributed by atoms with Crippen molar-refractivity contribution in [3.8, 4) is 17.2 Å².